The highest BCUT2D eigenvalue weighted by molar-refractivity contribution is 7.10. The van der Waals surface area contributed by atoms with E-state index in [-0.39, 0.29) is 33.0 Å². The Bertz CT molecular complexity index is 1520. The number of hydrogen-bond acceptors (Lipinski definition) is 11. The lowest BCUT2D eigenvalue weighted by Gasteiger charge is -2.25. The smallest absolute Gasteiger partial charge is 0.442 e. The molecule has 0 saturated carbocycles. The highest BCUT2D eigenvalue weighted by Gasteiger charge is 2.32. The number of benzene rings is 2. The molecule has 4 aromatic rings. The molecule has 0 saturated heterocycles. The van der Waals surface area contributed by atoms with E-state index in [0.717, 1.165) is 52.3 Å². The number of carbonyl (C=O) groups excluding carboxylic acids is 1. The second-order valence-corrected chi connectivity index (χ2v) is 10.4. The van der Waals surface area contributed by atoms with Crippen LogP contribution < -0.4 is 19.9 Å². The van der Waals surface area contributed by atoms with Gasteiger partial charge in [-0.1, -0.05) is 24.3 Å². The van der Waals surface area contributed by atoms with Crippen molar-refractivity contribution in [2.45, 2.75) is 39.1 Å². The second kappa shape index (κ2) is 11.4. The van der Waals surface area contributed by atoms with Gasteiger partial charge in [-0.25, -0.2) is 4.79 Å². The van der Waals surface area contributed by atoms with E-state index in [2.05, 4.69) is 33.6 Å². The SMILES string of the molecule is CC(C)(C)OC(=O)N(Nc1nc(-c2cccc(OC(F)(F)F)c2)ns1)c1nc(-c2cccc(OC(F)(F)F)c2)ns1. The van der Waals surface area contributed by atoms with Crippen LogP contribution in [0.5, 0.6) is 11.5 Å². The van der Waals surface area contributed by atoms with Gasteiger partial charge in [0.25, 0.3) is 0 Å². The number of carbonyl (C=O) groups is 1. The van der Waals surface area contributed by atoms with Crippen LogP contribution in [-0.2, 0) is 4.74 Å². The fourth-order valence-corrected chi connectivity index (χ4v) is 4.27. The number of nitrogens with one attached hydrogen (secondary N) is 1. The van der Waals surface area contributed by atoms with Crippen molar-refractivity contribution in [1.82, 2.24) is 18.7 Å². The van der Waals surface area contributed by atoms with Gasteiger partial charge in [0.15, 0.2) is 11.6 Å². The van der Waals surface area contributed by atoms with Gasteiger partial charge < -0.3 is 14.2 Å². The molecule has 1 amide bonds. The molecule has 18 heteroatoms. The quantitative estimate of drug-likeness (QED) is 0.168. The lowest BCUT2D eigenvalue weighted by Crippen LogP contribution is -2.40. The summed E-state index contributed by atoms with van der Waals surface area (Å²) in [6, 6.07) is 9.97. The zero-order valence-electron chi connectivity index (χ0n) is 21.1. The Balaban J connectivity index is 1.60. The molecule has 0 unspecified atom stereocenters. The van der Waals surface area contributed by atoms with Gasteiger partial charge in [-0.15, -0.1) is 26.3 Å². The van der Waals surface area contributed by atoms with Crippen LogP contribution in [0.25, 0.3) is 22.8 Å². The van der Waals surface area contributed by atoms with Crippen LogP contribution in [0.2, 0.25) is 0 Å². The van der Waals surface area contributed by atoms with Crippen molar-refractivity contribution in [1.29, 1.82) is 0 Å². The fraction of sp³-hybridized carbons (Fsp3) is 0.261. The topological polar surface area (TPSA) is 112 Å². The first-order chi connectivity index (χ1) is 19.0. The van der Waals surface area contributed by atoms with E-state index in [0.29, 0.717) is 0 Å². The first-order valence-electron chi connectivity index (χ1n) is 11.2. The summed E-state index contributed by atoms with van der Waals surface area (Å²) < 4.78 is 97.2. The van der Waals surface area contributed by atoms with Crippen molar-refractivity contribution in [2.24, 2.45) is 0 Å². The number of nitrogens with zero attached hydrogens (tertiary/aromatic N) is 5. The Morgan fingerprint density at radius 3 is 1.83 bits per heavy atom. The number of ether oxygens (including phenoxy) is 3. The minimum Gasteiger partial charge on any atom is -0.442 e. The molecule has 4 rings (SSSR count). The predicted octanol–water partition coefficient (Wildman–Crippen LogP) is 7.29. The van der Waals surface area contributed by atoms with Crippen molar-refractivity contribution in [2.75, 3.05) is 10.4 Å². The molecule has 0 aliphatic rings. The molecule has 10 nitrogen and oxygen atoms in total. The first kappa shape index (κ1) is 29.8. The van der Waals surface area contributed by atoms with E-state index in [4.69, 9.17) is 4.74 Å². The van der Waals surface area contributed by atoms with Crippen molar-refractivity contribution in [3.05, 3.63) is 48.5 Å². The molecular weight excluding hydrogens is 602 g/mol. The highest BCUT2D eigenvalue weighted by atomic mass is 32.1. The number of halogens is 6. The average molecular weight is 621 g/mol. The third-order valence-corrected chi connectivity index (χ3v) is 5.79. The van der Waals surface area contributed by atoms with Crippen molar-refractivity contribution in [3.63, 3.8) is 0 Å². The van der Waals surface area contributed by atoms with E-state index < -0.39 is 35.9 Å². The molecule has 2 heterocycles. The number of rotatable bonds is 7. The molecule has 41 heavy (non-hydrogen) atoms. The maximum atomic E-state index is 13.0. The number of hydrazine groups is 1. The van der Waals surface area contributed by atoms with Crippen LogP contribution in [0, 0.1) is 0 Å². The Morgan fingerprint density at radius 2 is 1.32 bits per heavy atom. The number of anilines is 2. The molecule has 0 bridgehead atoms. The molecule has 1 N–H and O–H groups in total. The molecule has 0 fully saturated rings. The Labute approximate surface area is 235 Å². The van der Waals surface area contributed by atoms with Gasteiger partial charge in [-0.05, 0) is 45.0 Å². The van der Waals surface area contributed by atoms with E-state index in [9.17, 15) is 31.1 Å². The van der Waals surface area contributed by atoms with Crippen LogP contribution in [0.3, 0.4) is 0 Å². The number of hydrogen-bond donors (Lipinski definition) is 1. The first-order valence-corrected chi connectivity index (χ1v) is 12.8. The summed E-state index contributed by atoms with van der Waals surface area (Å²) in [4.78, 5) is 21.5. The summed E-state index contributed by atoms with van der Waals surface area (Å²) in [6.45, 7) is 4.87. The lowest BCUT2D eigenvalue weighted by atomic mass is 10.2. The zero-order chi connectivity index (χ0) is 30.0. The predicted molar refractivity (Wildman–Crippen MR) is 136 cm³/mol. The fourth-order valence-electron chi connectivity index (χ4n) is 3.05. The lowest BCUT2D eigenvalue weighted by molar-refractivity contribution is -0.275. The maximum absolute atomic E-state index is 13.0. The summed E-state index contributed by atoms with van der Waals surface area (Å²) in [5.41, 5.74) is 2.15. The number of alkyl halides is 6. The summed E-state index contributed by atoms with van der Waals surface area (Å²) in [5.74, 6) is -0.929. The molecule has 0 aliphatic carbocycles. The molecule has 0 spiro atoms. The monoisotopic (exact) mass is 620 g/mol. The zero-order valence-corrected chi connectivity index (χ0v) is 22.7. The molecule has 0 aliphatic heterocycles. The van der Waals surface area contributed by atoms with Gasteiger partial charge >= 0.3 is 18.8 Å². The third kappa shape index (κ3) is 8.65. The van der Waals surface area contributed by atoms with Gasteiger partial charge in [0.2, 0.25) is 10.3 Å². The molecule has 2 aromatic carbocycles. The minimum atomic E-state index is -4.90. The van der Waals surface area contributed by atoms with Crippen molar-refractivity contribution in [3.8, 4) is 34.3 Å². The van der Waals surface area contributed by atoms with Crippen LogP contribution >= 0.6 is 23.1 Å². The standard InChI is InChI=1S/C23H18F6N6O4S2/c1-21(2,3)39-20(36)35(19-31-17(34-41-19)13-7-5-9-15(11-13)38-23(27,28)29)32-18-30-16(33-40-18)12-6-4-8-14(10-12)37-22(24,25)26/h4-11H,1-3H3,(H,30,32,33). The molecular formula is C23H18F6N6O4S2. The van der Waals surface area contributed by atoms with Gasteiger partial charge in [0.05, 0.1) is 0 Å². The van der Waals surface area contributed by atoms with E-state index in [1.807, 2.05) is 0 Å². The van der Waals surface area contributed by atoms with Crippen LogP contribution in [0.4, 0.5) is 41.4 Å². The number of aromatic nitrogens is 4. The largest absolute Gasteiger partial charge is 0.573 e. The summed E-state index contributed by atoms with van der Waals surface area (Å²) in [5, 5.41) is 0.842. The van der Waals surface area contributed by atoms with Crippen LogP contribution in [0.15, 0.2) is 48.5 Å². The normalized spacial score (nSPS) is 12.1. The highest BCUT2D eigenvalue weighted by Crippen LogP contribution is 2.32. The second-order valence-electron chi connectivity index (χ2n) is 8.90. The van der Waals surface area contributed by atoms with Crippen molar-refractivity contribution >= 4 is 39.4 Å². The van der Waals surface area contributed by atoms with E-state index in [1.54, 1.807) is 20.8 Å². The minimum absolute atomic E-state index is 0.00702. The Kier molecular flexibility index (Phi) is 8.25. The summed E-state index contributed by atoms with van der Waals surface area (Å²) >= 11 is 1.51. The summed E-state index contributed by atoms with van der Waals surface area (Å²) in [7, 11) is 0. The molecule has 0 atom stereocenters. The van der Waals surface area contributed by atoms with Crippen LogP contribution in [0.1, 0.15) is 20.8 Å². The maximum Gasteiger partial charge on any atom is 0.573 e. The summed E-state index contributed by atoms with van der Waals surface area (Å²) in [6.07, 6.45) is -10.7. The van der Waals surface area contributed by atoms with E-state index >= 15 is 0 Å². The number of amides is 1. The molecule has 2 aromatic heterocycles. The van der Waals surface area contributed by atoms with Crippen molar-refractivity contribution < 1.29 is 45.3 Å². The van der Waals surface area contributed by atoms with Gasteiger partial charge in [-0.2, -0.15) is 23.7 Å². The molecule has 0 radical (unpaired) electrons. The Morgan fingerprint density at radius 1 is 0.805 bits per heavy atom. The van der Waals surface area contributed by atoms with Gasteiger partial charge in [-0.3, -0.25) is 5.43 Å². The van der Waals surface area contributed by atoms with Crippen LogP contribution in [-0.4, -0.2) is 43.1 Å². The third-order valence-electron chi connectivity index (χ3n) is 4.47. The average Bonchev–Trinajstić information content (AvgIpc) is 3.50. The Hall–Kier alpha value is -4.19. The van der Waals surface area contributed by atoms with Gasteiger partial charge in [0, 0.05) is 34.2 Å². The molecule has 218 valence electrons. The van der Waals surface area contributed by atoms with Gasteiger partial charge in [0.1, 0.15) is 17.1 Å². The van der Waals surface area contributed by atoms with E-state index in [1.165, 1.54) is 24.3 Å².